The van der Waals surface area contributed by atoms with Crippen LogP contribution in [0.2, 0.25) is 0 Å². The standard InChI is InChI=1S/C14H19N3O2/c15-14(19)10-5-7-11(8-6-10)16-9-13(18)17-12-3-1-2-4-12/h5-8,12,16H,1-4,9H2,(H2,15,19)(H,17,18). The first-order chi connectivity index (χ1) is 9.15. The summed E-state index contributed by atoms with van der Waals surface area (Å²) in [6, 6.07) is 7.09. The van der Waals surface area contributed by atoms with Gasteiger partial charge >= 0.3 is 0 Å². The third kappa shape index (κ3) is 3.98. The van der Waals surface area contributed by atoms with Crippen molar-refractivity contribution in [2.45, 2.75) is 31.7 Å². The van der Waals surface area contributed by atoms with E-state index in [1.54, 1.807) is 24.3 Å². The molecule has 0 spiro atoms. The van der Waals surface area contributed by atoms with Gasteiger partial charge in [0.1, 0.15) is 0 Å². The number of anilines is 1. The van der Waals surface area contributed by atoms with E-state index in [-0.39, 0.29) is 12.5 Å². The van der Waals surface area contributed by atoms with Crippen LogP contribution in [0.1, 0.15) is 36.0 Å². The van der Waals surface area contributed by atoms with Gasteiger partial charge < -0.3 is 16.4 Å². The first kappa shape index (κ1) is 13.4. The predicted molar refractivity (Wildman–Crippen MR) is 73.8 cm³/mol. The van der Waals surface area contributed by atoms with Crippen LogP contribution in [-0.4, -0.2) is 24.4 Å². The normalized spacial score (nSPS) is 15.2. The molecule has 1 aliphatic carbocycles. The number of carbonyl (C=O) groups is 2. The second kappa shape index (κ2) is 6.22. The Morgan fingerprint density at radius 1 is 1.16 bits per heavy atom. The summed E-state index contributed by atoms with van der Waals surface area (Å²) in [5, 5.41) is 6.02. The van der Waals surface area contributed by atoms with E-state index in [1.807, 2.05) is 0 Å². The maximum Gasteiger partial charge on any atom is 0.248 e. The minimum Gasteiger partial charge on any atom is -0.376 e. The van der Waals surface area contributed by atoms with Crippen LogP contribution in [-0.2, 0) is 4.79 Å². The minimum absolute atomic E-state index is 0.00544. The lowest BCUT2D eigenvalue weighted by Gasteiger charge is -2.12. The number of hydrogen-bond acceptors (Lipinski definition) is 3. The molecular formula is C14H19N3O2. The van der Waals surface area contributed by atoms with Crippen LogP contribution in [0.25, 0.3) is 0 Å². The molecule has 1 aliphatic rings. The molecule has 0 atom stereocenters. The molecule has 0 bridgehead atoms. The molecule has 0 heterocycles. The Bertz CT molecular complexity index is 450. The summed E-state index contributed by atoms with van der Waals surface area (Å²) in [4.78, 5) is 22.6. The molecule has 2 rings (SSSR count). The van der Waals surface area contributed by atoms with Crippen molar-refractivity contribution in [2.75, 3.05) is 11.9 Å². The second-order valence-corrected chi connectivity index (χ2v) is 4.84. The first-order valence-corrected chi connectivity index (χ1v) is 6.58. The van der Waals surface area contributed by atoms with E-state index < -0.39 is 5.91 Å². The smallest absolute Gasteiger partial charge is 0.248 e. The summed E-state index contributed by atoms with van der Waals surface area (Å²) in [6.45, 7) is 0.242. The lowest BCUT2D eigenvalue weighted by molar-refractivity contribution is -0.120. The largest absolute Gasteiger partial charge is 0.376 e. The third-order valence-corrected chi connectivity index (χ3v) is 3.34. The summed E-state index contributed by atoms with van der Waals surface area (Å²) in [6.07, 6.45) is 4.57. The van der Waals surface area contributed by atoms with Gasteiger partial charge in [-0.25, -0.2) is 0 Å². The van der Waals surface area contributed by atoms with Crippen molar-refractivity contribution in [3.8, 4) is 0 Å². The van der Waals surface area contributed by atoms with Crippen molar-refractivity contribution in [3.63, 3.8) is 0 Å². The van der Waals surface area contributed by atoms with Gasteiger partial charge in [0.15, 0.2) is 0 Å². The highest BCUT2D eigenvalue weighted by Crippen LogP contribution is 2.17. The highest BCUT2D eigenvalue weighted by Gasteiger charge is 2.16. The number of nitrogens with two attached hydrogens (primary N) is 1. The molecule has 0 radical (unpaired) electrons. The van der Waals surface area contributed by atoms with Crippen molar-refractivity contribution in [1.29, 1.82) is 0 Å². The zero-order valence-electron chi connectivity index (χ0n) is 10.8. The number of primary amides is 1. The maximum absolute atomic E-state index is 11.7. The van der Waals surface area contributed by atoms with Crippen LogP contribution in [0.15, 0.2) is 24.3 Å². The summed E-state index contributed by atoms with van der Waals surface area (Å²) in [7, 11) is 0. The fourth-order valence-electron chi connectivity index (χ4n) is 2.28. The number of benzene rings is 1. The van der Waals surface area contributed by atoms with Gasteiger partial charge in [-0.05, 0) is 37.1 Å². The minimum atomic E-state index is -0.453. The lowest BCUT2D eigenvalue weighted by Crippen LogP contribution is -2.36. The summed E-state index contributed by atoms with van der Waals surface area (Å²) in [5.41, 5.74) is 6.41. The molecule has 5 nitrogen and oxygen atoms in total. The fraction of sp³-hybridized carbons (Fsp3) is 0.429. The van der Waals surface area contributed by atoms with Crippen molar-refractivity contribution in [2.24, 2.45) is 5.73 Å². The van der Waals surface area contributed by atoms with E-state index >= 15 is 0 Å². The van der Waals surface area contributed by atoms with Gasteiger partial charge in [-0.3, -0.25) is 9.59 Å². The van der Waals surface area contributed by atoms with Gasteiger partial charge in [0.25, 0.3) is 0 Å². The third-order valence-electron chi connectivity index (χ3n) is 3.34. The molecule has 102 valence electrons. The van der Waals surface area contributed by atoms with Crippen LogP contribution in [0.5, 0.6) is 0 Å². The Labute approximate surface area is 112 Å². The van der Waals surface area contributed by atoms with E-state index in [2.05, 4.69) is 10.6 Å². The van der Waals surface area contributed by atoms with E-state index in [9.17, 15) is 9.59 Å². The van der Waals surface area contributed by atoms with Gasteiger partial charge in [0.2, 0.25) is 11.8 Å². The van der Waals surface area contributed by atoms with Gasteiger partial charge in [-0.15, -0.1) is 0 Å². The topological polar surface area (TPSA) is 84.2 Å². The second-order valence-electron chi connectivity index (χ2n) is 4.84. The van der Waals surface area contributed by atoms with Crippen molar-refractivity contribution < 1.29 is 9.59 Å². The first-order valence-electron chi connectivity index (χ1n) is 6.58. The molecule has 2 amide bonds. The fourth-order valence-corrected chi connectivity index (χ4v) is 2.28. The zero-order chi connectivity index (χ0) is 13.7. The van der Waals surface area contributed by atoms with Crippen molar-refractivity contribution >= 4 is 17.5 Å². The summed E-state index contributed by atoms with van der Waals surface area (Å²) in [5.74, 6) is -0.448. The molecule has 1 aromatic rings. The van der Waals surface area contributed by atoms with E-state index in [4.69, 9.17) is 5.73 Å². The molecule has 0 unspecified atom stereocenters. The average molecular weight is 261 g/mol. The van der Waals surface area contributed by atoms with E-state index in [0.29, 0.717) is 11.6 Å². The zero-order valence-corrected chi connectivity index (χ0v) is 10.8. The average Bonchev–Trinajstić information content (AvgIpc) is 2.89. The Morgan fingerprint density at radius 2 is 1.79 bits per heavy atom. The Balaban J connectivity index is 1.77. The highest BCUT2D eigenvalue weighted by molar-refractivity contribution is 5.93. The predicted octanol–water partition coefficient (Wildman–Crippen LogP) is 1.26. The molecule has 0 saturated heterocycles. The number of amides is 2. The van der Waals surface area contributed by atoms with Crippen molar-refractivity contribution in [3.05, 3.63) is 29.8 Å². The number of nitrogens with one attached hydrogen (secondary N) is 2. The van der Waals surface area contributed by atoms with Crippen LogP contribution in [0.4, 0.5) is 5.69 Å². The molecule has 1 aromatic carbocycles. The molecule has 19 heavy (non-hydrogen) atoms. The molecule has 5 heteroatoms. The SMILES string of the molecule is NC(=O)c1ccc(NCC(=O)NC2CCCC2)cc1. The summed E-state index contributed by atoms with van der Waals surface area (Å²) < 4.78 is 0. The monoisotopic (exact) mass is 261 g/mol. The Hall–Kier alpha value is -2.04. The molecule has 0 aromatic heterocycles. The van der Waals surface area contributed by atoms with Gasteiger partial charge in [0, 0.05) is 17.3 Å². The molecule has 1 fully saturated rings. The quantitative estimate of drug-likeness (QED) is 0.746. The Morgan fingerprint density at radius 3 is 2.37 bits per heavy atom. The van der Waals surface area contributed by atoms with Crippen LogP contribution in [0.3, 0.4) is 0 Å². The maximum atomic E-state index is 11.7. The number of rotatable bonds is 5. The van der Waals surface area contributed by atoms with Crippen LogP contribution >= 0.6 is 0 Å². The Kier molecular flexibility index (Phi) is 4.39. The molecule has 4 N–H and O–H groups in total. The summed E-state index contributed by atoms with van der Waals surface area (Å²) >= 11 is 0. The van der Waals surface area contributed by atoms with Crippen molar-refractivity contribution in [1.82, 2.24) is 5.32 Å². The highest BCUT2D eigenvalue weighted by atomic mass is 16.2. The number of carbonyl (C=O) groups excluding carboxylic acids is 2. The molecule has 1 saturated carbocycles. The van der Waals surface area contributed by atoms with Gasteiger partial charge in [-0.2, -0.15) is 0 Å². The van der Waals surface area contributed by atoms with Crippen LogP contribution < -0.4 is 16.4 Å². The molecule has 0 aliphatic heterocycles. The number of hydrogen-bond donors (Lipinski definition) is 3. The molecular weight excluding hydrogens is 242 g/mol. The van der Waals surface area contributed by atoms with Gasteiger partial charge in [-0.1, -0.05) is 12.8 Å². The van der Waals surface area contributed by atoms with Gasteiger partial charge in [0.05, 0.1) is 6.54 Å². The van der Waals surface area contributed by atoms with Crippen LogP contribution in [0, 0.1) is 0 Å². The van der Waals surface area contributed by atoms with E-state index in [1.165, 1.54) is 12.8 Å². The van der Waals surface area contributed by atoms with E-state index in [0.717, 1.165) is 18.5 Å². The lowest BCUT2D eigenvalue weighted by atomic mass is 10.2.